The van der Waals surface area contributed by atoms with E-state index in [2.05, 4.69) is 31.5 Å². The molecule has 2 aromatic rings. The lowest BCUT2D eigenvalue weighted by Gasteiger charge is -2.36. The monoisotopic (exact) mass is 309 g/mol. The van der Waals surface area contributed by atoms with Crippen molar-refractivity contribution >= 4 is 32.9 Å². The molecule has 0 bridgehead atoms. The second-order valence-corrected chi connectivity index (χ2v) is 5.59. The van der Waals surface area contributed by atoms with Crippen molar-refractivity contribution in [1.82, 2.24) is 9.55 Å². The smallest absolute Gasteiger partial charge is 0.201 e. The number of hydrogen-bond acceptors (Lipinski definition) is 3. The number of rotatable bonds is 3. The highest BCUT2D eigenvalue weighted by Crippen LogP contribution is 2.38. The molecule has 2 N–H and O–H groups in total. The van der Waals surface area contributed by atoms with E-state index in [1.807, 2.05) is 19.1 Å². The topological polar surface area (TPSA) is 53.1 Å². The van der Waals surface area contributed by atoms with E-state index in [4.69, 9.17) is 10.5 Å². The summed E-state index contributed by atoms with van der Waals surface area (Å²) >= 11 is 3.50. The number of fused-ring (bicyclic) bond motifs is 1. The molecule has 96 valence electrons. The van der Waals surface area contributed by atoms with Crippen LogP contribution in [0, 0.1) is 0 Å². The number of nitrogens with two attached hydrogens (primary N) is 1. The third kappa shape index (κ3) is 1.91. The van der Waals surface area contributed by atoms with Crippen molar-refractivity contribution < 1.29 is 4.74 Å². The number of nitrogens with zero attached hydrogens (tertiary/aromatic N) is 2. The molecule has 1 fully saturated rings. The lowest BCUT2D eigenvalue weighted by molar-refractivity contribution is -0.0182. The molecule has 5 heteroatoms. The van der Waals surface area contributed by atoms with Gasteiger partial charge in [0, 0.05) is 17.1 Å². The molecule has 1 aromatic heterocycles. The van der Waals surface area contributed by atoms with Gasteiger partial charge in [0.05, 0.1) is 17.1 Å². The number of aromatic nitrogens is 2. The van der Waals surface area contributed by atoms with Gasteiger partial charge < -0.3 is 15.0 Å². The van der Waals surface area contributed by atoms with Crippen molar-refractivity contribution in [3.05, 3.63) is 22.7 Å². The van der Waals surface area contributed by atoms with E-state index in [0.717, 1.165) is 35.0 Å². The largest absolute Gasteiger partial charge is 0.378 e. The molecule has 0 aliphatic heterocycles. The van der Waals surface area contributed by atoms with Crippen LogP contribution in [0.1, 0.15) is 25.8 Å². The Kier molecular flexibility index (Phi) is 3.03. The minimum atomic E-state index is 0.379. The van der Waals surface area contributed by atoms with Crippen LogP contribution >= 0.6 is 15.9 Å². The highest BCUT2D eigenvalue weighted by molar-refractivity contribution is 9.10. The fraction of sp³-hybridized carbons (Fsp3) is 0.462. The van der Waals surface area contributed by atoms with E-state index in [1.165, 1.54) is 0 Å². The van der Waals surface area contributed by atoms with Gasteiger partial charge in [-0.1, -0.05) is 15.9 Å². The van der Waals surface area contributed by atoms with Gasteiger partial charge in [-0.2, -0.15) is 0 Å². The molecular formula is C13H16BrN3O. The minimum absolute atomic E-state index is 0.379. The maximum absolute atomic E-state index is 6.03. The molecule has 18 heavy (non-hydrogen) atoms. The molecule has 1 aliphatic carbocycles. The molecule has 0 atom stereocenters. The zero-order valence-electron chi connectivity index (χ0n) is 10.3. The van der Waals surface area contributed by atoms with Gasteiger partial charge in [-0.15, -0.1) is 0 Å². The minimum Gasteiger partial charge on any atom is -0.378 e. The third-order valence-electron chi connectivity index (χ3n) is 3.52. The Balaban J connectivity index is 1.92. The molecule has 0 spiro atoms. The lowest BCUT2D eigenvalue weighted by Crippen LogP contribution is -2.33. The molecule has 0 radical (unpaired) electrons. The molecule has 3 rings (SSSR count). The van der Waals surface area contributed by atoms with Gasteiger partial charge in [0.15, 0.2) is 0 Å². The van der Waals surface area contributed by atoms with E-state index < -0.39 is 0 Å². The van der Waals surface area contributed by atoms with Crippen LogP contribution in [0.3, 0.4) is 0 Å². The van der Waals surface area contributed by atoms with Crippen LogP contribution in [0.25, 0.3) is 11.0 Å². The molecule has 1 heterocycles. The van der Waals surface area contributed by atoms with Crippen molar-refractivity contribution in [3.8, 4) is 0 Å². The molecule has 0 amide bonds. The van der Waals surface area contributed by atoms with Crippen LogP contribution in [-0.2, 0) is 4.74 Å². The van der Waals surface area contributed by atoms with E-state index in [9.17, 15) is 0 Å². The first-order chi connectivity index (χ1) is 8.69. The second kappa shape index (κ2) is 4.55. The van der Waals surface area contributed by atoms with Gasteiger partial charge in [-0.3, -0.25) is 0 Å². The predicted octanol–water partition coefficient (Wildman–Crippen LogP) is 3.12. The molecule has 4 nitrogen and oxygen atoms in total. The number of nitrogen functional groups attached to an aromatic ring is 1. The highest BCUT2D eigenvalue weighted by atomic mass is 79.9. The summed E-state index contributed by atoms with van der Waals surface area (Å²) in [5.74, 6) is 0.600. The predicted molar refractivity (Wildman–Crippen MR) is 75.5 cm³/mol. The van der Waals surface area contributed by atoms with E-state index in [-0.39, 0.29) is 0 Å². The quantitative estimate of drug-likeness (QED) is 0.947. The van der Waals surface area contributed by atoms with Crippen molar-refractivity contribution in [2.24, 2.45) is 0 Å². The van der Waals surface area contributed by atoms with E-state index in [0.29, 0.717) is 18.1 Å². The van der Waals surface area contributed by atoms with E-state index in [1.54, 1.807) is 0 Å². The first kappa shape index (κ1) is 12.0. The Morgan fingerprint density at radius 2 is 2.28 bits per heavy atom. The number of halogens is 1. The molecule has 1 aromatic carbocycles. The summed E-state index contributed by atoms with van der Waals surface area (Å²) in [6.07, 6.45) is 2.43. The maximum Gasteiger partial charge on any atom is 0.201 e. The van der Waals surface area contributed by atoms with Crippen molar-refractivity contribution in [2.45, 2.75) is 31.9 Å². The summed E-state index contributed by atoms with van der Waals surface area (Å²) in [6, 6.07) is 6.47. The highest BCUT2D eigenvalue weighted by Gasteiger charge is 2.33. The first-order valence-electron chi connectivity index (χ1n) is 6.23. The van der Waals surface area contributed by atoms with Gasteiger partial charge in [-0.05, 0) is 38.0 Å². The zero-order chi connectivity index (χ0) is 12.7. The number of imidazole rings is 1. The van der Waals surface area contributed by atoms with Crippen molar-refractivity contribution in [3.63, 3.8) is 0 Å². The van der Waals surface area contributed by atoms with Gasteiger partial charge >= 0.3 is 0 Å². The number of anilines is 1. The Labute approximate surface area is 114 Å². The third-order valence-corrected chi connectivity index (χ3v) is 4.01. The van der Waals surface area contributed by atoms with Crippen LogP contribution in [-0.4, -0.2) is 22.3 Å². The van der Waals surface area contributed by atoms with Crippen molar-refractivity contribution in [1.29, 1.82) is 0 Å². The first-order valence-corrected chi connectivity index (χ1v) is 7.03. The number of benzene rings is 1. The SMILES string of the molecule is CCOC1CC(n2c(N)nc3ccc(Br)cc32)C1. The summed E-state index contributed by atoms with van der Waals surface area (Å²) < 4.78 is 8.79. The Morgan fingerprint density at radius 3 is 3.00 bits per heavy atom. The van der Waals surface area contributed by atoms with E-state index >= 15 is 0 Å². The Bertz CT molecular complexity index is 575. The summed E-state index contributed by atoms with van der Waals surface area (Å²) in [5.41, 5.74) is 8.08. The summed E-state index contributed by atoms with van der Waals surface area (Å²) in [5, 5.41) is 0. The normalized spacial score (nSPS) is 23.2. The number of hydrogen-bond donors (Lipinski definition) is 1. The number of ether oxygens (including phenoxy) is 1. The summed E-state index contributed by atoms with van der Waals surface area (Å²) in [6.45, 7) is 2.81. The van der Waals surface area contributed by atoms with Crippen molar-refractivity contribution in [2.75, 3.05) is 12.3 Å². The lowest BCUT2D eigenvalue weighted by atomic mass is 9.89. The average molecular weight is 310 g/mol. The van der Waals surface area contributed by atoms with Gasteiger partial charge in [0.2, 0.25) is 5.95 Å². The van der Waals surface area contributed by atoms with Crippen LogP contribution < -0.4 is 5.73 Å². The summed E-state index contributed by atoms with van der Waals surface area (Å²) in [7, 11) is 0. The average Bonchev–Trinajstić information content (AvgIpc) is 2.59. The zero-order valence-corrected chi connectivity index (χ0v) is 11.9. The fourth-order valence-electron chi connectivity index (χ4n) is 2.59. The molecule has 1 saturated carbocycles. The fourth-order valence-corrected chi connectivity index (χ4v) is 2.94. The van der Waals surface area contributed by atoms with Gasteiger partial charge in [0.1, 0.15) is 0 Å². The van der Waals surface area contributed by atoms with Gasteiger partial charge in [-0.25, -0.2) is 4.98 Å². The van der Waals surface area contributed by atoms with Gasteiger partial charge in [0.25, 0.3) is 0 Å². The molecule has 0 saturated heterocycles. The van der Waals surface area contributed by atoms with Crippen LogP contribution in [0.15, 0.2) is 22.7 Å². The summed E-state index contributed by atoms with van der Waals surface area (Å²) in [4.78, 5) is 4.41. The standard InChI is InChI=1S/C13H16BrN3O/c1-2-18-10-6-9(7-10)17-12-5-8(14)3-4-11(12)16-13(17)15/h3-5,9-10H,2,6-7H2,1H3,(H2,15,16). The Morgan fingerprint density at radius 1 is 1.50 bits per heavy atom. The van der Waals surface area contributed by atoms with Crippen LogP contribution in [0.5, 0.6) is 0 Å². The maximum atomic E-state index is 6.03. The second-order valence-electron chi connectivity index (χ2n) is 4.68. The van der Waals surface area contributed by atoms with Crippen LogP contribution in [0.4, 0.5) is 5.95 Å². The van der Waals surface area contributed by atoms with Crippen LogP contribution in [0.2, 0.25) is 0 Å². The molecular weight excluding hydrogens is 294 g/mol. The molecule has 1 aliphatic rings. The Hall–Kier alpha value is -1.07. The molecule has 0 unspecified atom stereocenters.